The summed E-state index contributed by atoms with van der Waals surface area (Å²) in [5, 5.41) is 53.6. The van der Waals surface area contributed by atoms with Crippen molar-refractivity contribution in [1.82, 2.24) is 15.2 Å². The zero-order valence-corrected chi connectivity index (χ0v) is 63.4. The van der Waals surface area contributed by atoms with E-state index in [-0.39, 0.29) is 121 Å². The Labute approximate surface area is 562 Å². The minimum absolute atomic E-state index is 0.0196. The van der Waals surface area contributed by atoms with Gasteiger partial charge in [-0.3, -0.25) is 39.2 Å². The van der Waals surface area contributed by atoms with Crippen LogP contribution in [0.25, 0.3) is 0 Å². The number of carbonyl (C=O) groups is 5. The van der Waals surface area contributed by atoms with Gasteiger partial charge in [-0.05, 0) is 215 Å². The molecule has 2 saturated heterocycles. The smallest absolute Gasteiger partial charge is 0.321 e. The number of hydrogen-bond donors (Lipinski definition) is 7. The third-order valence-electron chi connectivity index (χ3n) is 21.6. The first-order chi connectivity index (χ1) is 41.7. The van der Waals surface area contributed by atoms with Crippen LogP contribution in [-0.2, 0) is 75.7 Å². The standard InChI is InChI=1S/C57H94N4O5.C22H34O5/c1-49(2,3)39-27-35(28-40(46(39)64)50(4,5)6)23-25-43(62)45(48(66)59-58)57(37-31-53(13,14)60(21)54(15,16)32-37,38-33-55(17,18)61(22)56(19,20)34-38)44(63)26-24-36-29-41(51(7,8)9)47(65)42(30-36)52(10,11)12;1-8-9-10-22(18(24)25,19(26)27)13-14-11-15(20(2,3)4)17(23)16(12-14)21(5,6)7/h27-30,37-38,45,64-65H,23-26,31-34,58H2,1-22H3,(H,59,66);11-12,23H,8-10,13H2,1-7H3,(H,24,25)(H,26,27). The van der Waals surface area contributed by atoms with Crippen molar-refractivity contribution < 1.29 is 49.5 Å². The number of Topliss-reactive ketones (excluding diaryl/α,β-unsaturated/α-hetero) is 2. The fourth-order valence-corrected chi connectivity index (χ4v) is 15.7. The fourth-order valence-electron chi connectivity index (χ4n) is 15.7. The Balaban J connectivity index is 0.000000569. The summed E-state index contributed by atoms with van der Waals surface area (Å²) in [6.07, 6.45) is 4.49. The highest BCUT2D eigenvalue weighted by Gasteiger charge is 2.65. The largest absolute Gasteiger partial charge is 0.507 e. The molecule has 1 atom stereocenters. The van der Waals surface area contributed by atoms with Gasteiger partial charge in [0, 0.05) is 35.0 Å². The number of amides is 1. The van der Waals surface area contributed by atoms with Crippen molar-refractivity contribution in [2.45, 2.75) is 319 Å². The van der Waals surface area contributed by atoms with Crippen molar-refractivity contribution in [2.24, 2.45) is 34.4 Å². The van der Waals surface area contributed by atoms with Crippen LogP contribution >= 0.6 is 0 Å². The van der Waals surface area contributed by atoms with Gasteiger partial charge >= 0.3 is 11.9 Å². The number of likely N-dealkylation sites (tertiary alicyclic amines) is 2. The first-order valence-corrected chi connectivity index (χ1v) is 34.4. The van der Waals surface area contributed by atoms with Gasteiger partial charge in [0.15, 0.2) is 5.41 Å². The van der Waals surface area contributed by atoms with Crippen LogP contribution in [0.3, 0.4) is 0 Å². The molecule has 0 saturated carbocycles. The van der Waals surface area contributed by atoms with Crippen LogP contribution in [0.15, 0.2) is 36.4 Å². The van der Waals surface area contributed by atoms with Crippen LogP contribution in [0.2, 0.25) is 0 Å². The van der Waals surface area contributed by atoms with Gasteiger partial charge in [0.2, 0.25) is 5.91 Å². The topological polar surface area (TPSA) is 231 Å². The summed E-state index contributed by atoms with van der Waals surface area (Å²) in [4.78, 5) is 76.3. The quantitative estimate of drug-likeness (QED) is 0.0257. The molecule has 3 aromatic rings. The zero-order chi connectivity index (χ0) is 72.1. The van der Waals surface area contributed by atoms with E-state index in [1.54, 1.807) is 12.1 Å². The highest BCUT2D eigenvalue weighted by molar-refractivity contribution is 6.07. The molecule has 2 heterocycles. The summed E-state index contributed by atoms with van der Waals surface area (Å²) in [6, 6.07) is 11.6. The Morgan fingerprint density at radius 2 is 0.763 bits per heavy atom. The summed E-state index contributed by atoms with van der Waals surface area (Å²) in [5.74, 6) is 1.37. The van der Waals surface area contributed by atoms with Gasteiger partial charge < -0.3 is 25.5 Å². The Morgan fingerprint density at radius 3 is 1.01 bits per heavy atom. The number of rotatable bonds is 19. The molecular weight excluding hydrogens is 1160 g/mol. The number of carboxylic acids is 2. The fraction of sp³-hybridized carbons (Fsp3) is 0.709. The van der Waals surface area contributed by atoms with E-state index in [4.69, 9.17) is 5.84 Å². The molecule has 2 aliphatic rings. The molecule has 0 aromatic heterocycles. The van der Waals surface area contributed by atoms with Gasteiger partial charge in [0.1, 0.15) is 34.7 Å². The van der Waals surface area contributed by atoms with Crippen LogP contribution in [0.4, 0.5) is 0 Å². The van der Waals surface area contributed by atoms with E-state index in [1.807, 2.05) is 72.7 Å². The molecule has 14 nitrogen and oxygen atoms in total. The Morgan fingerprint density at radius 1 is 0.495 bits per heavy atom. The molecule has 5 rings (SSSR count). The monoisotopic (exact) mass is 1290 g/mol. The lowest BCUT2D eigenvalue weighted by atomic mass is 9.47. The highest BCUT2D eigenvalue weighted by atomic mass is 16.4. The van der Waals surface area contributed by atoms with Crippen molar-refractivity contribution in [1.29, 1.82) is 0 Å². The Hall–Kier alpha value is -5.31. The van der Waals surface area contributed by atoms with Crippen LogP contribution in [0.1, 0.15) is 295 Å². The van der Waals surface area contributed by atoms with Gasteiger partial charge in [0.05, 0.1) is 5.41 Å². The average molecular weight is 1290 g/mol. The maximum absolute atomic E-state index is 16.6. The van der Waals surface area contributed by atoms with E-state index in [1.165, 1.54) is 0 Å². The highest BCUT2D eigenvalue weighted by Crippen LogP contribution is 2.61. The van der Waals surface area contributed by atoms with Gasteiger partial charge in [0.25, 0.3) is 0 Å². The van der Waals surface area contributed by atoms with E-state index >= 15 is 14.4 Å². The first-order valence-electron chi connectivity index (χ1n) is 34.4. The Bertz CT molecular complexity index is 3010. The van der Waals surface area contributed by atoms with Crippen molar-refractivity contribution in [2.75, 3.05) is 14.1 Å². The molecule has 0 bridgehead atoms. The molecule has 524 valence electrons. The lowest BCUT2D eigenvalue weighted by molar-refractivity contribution is -0.176. The lowest BCUT2D eigenvalue weighted by Crippen LogP contribution is -2.69. The summed E-state index contributed by atoms with van der Waals surface area (Å²) in [7, 11) is 4.30. The van der Waals surface area contributed by atoms with Gasteiger partial charge in [-0.15, -0.1) is 0 Å². The number of hydrazine groups is 1. The summed E-state index contributed by atoms with van der Waals surface area (Å²) in [6.45, 7) is 56.5. The van der Waals surface area contributed by atoms with Gasteiger partial charge in [-0.2, -0.15) is 0 Å². The SMILES string of the molecule is CCCCC(Cc1cc(C(C)(C)C)c(O)c(C(C)(C)C)c1)(C(=O)O)C(=O)O.CN1C(C)(C)CC(C(C(=O)CCc2cc(C(C)(C)C)c(O)c(C(C)(C)C)c2)(C2CC(C)(C)N(C)C(C)(C)C2)C(C(=O)CCc2cc(C(C)(C)C)c(O)c(C(C)(C)C)c2)C(=O)NN)CC1(C)C. The predicted octanol–water partition coefficient (Wildman–Crippen LogP) is 16.3. The van der Waals surface area contributed by atoms with Crippen molar-refractivity contribution in [3.05, 3.63) is 86.5 Å². The van der Waals surface area contributed by atoms with Crippen LogP contribution in [0, 0.1) is 28.6 Å². The average Bonchev–Trinajstić information content (AvgIpc) is 0.707. The minimum Gasteiger partial charge on any atom is -0.507 e. The third-order valence-corrected chi connectivity index (χ3v) is 21.6. The van der Waals surface area contributed by atoms with E-state index < -0.39 is 34.6 Å². The van der Waals surface area contributed by atoms with Crippen molar-refractivity contribution in [3.8, 4) is 17.2 Å². The second-order valence-corrected chi connectivity index (χ2v) is 36.9. The molecule has 1 unspecified atom stereocenters. The van der Waals surface area contributed by atoms with E-state index in [9.17, 15) is 35.1 Å². The molecule has 0 aliphatic carbocycles. The molecule has 1 amide bonds. The summed E-state index contributed by atoms with van der Waals surface area (Å²) >= 11 is 0. The Kier molecular flexibility index (Phi) is 23.8. The van der Waals surface area contributed by atoms with E-state index in [0.717, 1.165) is 39.8 Å². The number of aryl methyl sites for hydroxylation is 2. The molecule has 2 fully saturated rings. The predicted molar refractivity (Wildman–Crippen MR) is 380 cm³/mol. The molecule has 8 N–H and O–H groups in total. The number of ketones is 2. The number of piperidine rings is 2. The number of phenols is 3. The third kappa shape index (κ3) is 17.5. The summed E-state index contributed by atoms with van der Waals surface area (Å²) in [5.41, 5.74) is 2.66. The van der Waals surface area contributed by atoms with Crippen LogP contribution < -0.4 is 11.3 Å². The number of hydrogen-bond acceptors (Lipinski definition) is 11. The van der Waals surface area contributed by atoms with Crippen molar-refractivity contribution >= 4 is 29.4 Å². The number of benzene rings is 3. The maximum Gasteiger partial charge on any atom is 0.321 e. The van der Waals surface area contributed by atoms with E-state index in [0.29, 0.717) is 61.6 Å². The molecule has 2 aliphatic heterocycles. The van der Waals surface area contributed by atoms with Gasteiger partial charge in [-0.25, -0.2) is 5.84 Å². The van der Waals surface area contributed by atoms with E-state index in [2.05, 4.69) is 168 Å². The first kappa shape index (κ1) is 80.1. The number of unbranched alkanes of at least 4 members (excludes halogenated alkanes) is 1. The number of nitrogens with zero attached hydrogens (tertiary/aromatic N) is 2. The number of nitrogens with two attached hydrogens (primary N) is 1. The summed E-state index contributed by atoms with van der Waals surface area (Å²) < 4.78 is 0. The normalized spacial score (nSPS) is 18.3. The number of nitrogens with one attached hydrogen (secondary N) is 1. The number of aliphatic carboxylic acids is 2. The lowest BCUT2D eigenvalue weighted by Gasteiger charge is -2.63. The maximum atomic E-state index is 16.6. The number of aromatic hydroxyl groups is 3. The second-order valence-electron chi connectivity index (χ2n) is 36.9. The molecule has 0 radical (unpaired) electrons. The second kappa shape index (κ2) is 27.7. The minimum atomic E-state index is -1.86. The van der Waals surface area contributed by atoms with Crippen molar-refractivity contribution in [3.63, 3.8) is 0 Å². The molecule has 93 heavy (non-hydrogen) atoms. The molecule has 3 aromatic carbocycles. The van der Waals surface area contributed by atoms with Gasteiger partial charge in [-0.1, -0.05) is 181 Å². The molecule has 14 heteroatoms. The zero-order valence-electron chi connectivity index (χ0n) is 63.4. The van der Waals surface area contributed by atoms with Crippen LogP contribution in [-0.4, -0.2) is 101 Å². The molecular formula is C79H128N4O10. The number of carboxylic acid groups (broad SMARTS) is 2. The number of carbonyl (C=O) groups excluding carboxylic acids is 3. The molecule has 0 spiro atoms. The number of phenolic OH excluding ortho intramolecular Hbond substituents is 3. The van der Waals surface area contributed by atoms with Crippen LogP contribution in [0.5, 0.6) is 17.2 Å².